The fraction of sp³-hybridized carbons (Fsp3) is 0.286. The van der Waals surface area contributed by atoms with Gasteiger partial charge in [-0.25, -0.2) is 4.79 Å². The SMILES string of the molecule is COc1cc(C)c(OC)c(-c2cc(C(=O)O)on2)c1C. The van der Waals surface area contributed by atoms with Gasteiger partial charge in [0, 0.05) is 11.6 Å². The Morgan fingerprint density at radius 3 is 2.45 bits per heavy atom. The van der Waals surface area contributed by atoms with Crippen LogP contribution in [-0.4, -0.2) is 30.5 Å². The summed E-state index contributed by atoms with van der Waals surface area (Å²) in [6.07, 6.45) is 0. The Morgan fingerprint density at radius 2 is 1.95 bits per heavy atom. The van der Waals surface area contributed by atoms with Gasteiger partial charge in [-0.1, -0.05) is 5.16 Å². The van der Waals surface area contributed by atoms with Crippen molar-refractivity contribution in [1.29, 1.82) is 0 Å². The highest BCUT2D eigenvalue weighted by Gasteiger charge is 2.21. The number of nitrogens with zero attached hydrogens (tertiary/aromatic N) is 1. The molecule has 0 saturated carbocycles. The predicted molar refractivity (Wildman–Crippen MR) is 71.5 cm³/mol. The molecule has 0 aliphatic carbocycles. The zero-order chi connectivity index (χ0) is 14.9. The quantitative estimate of drug-likeness (QED) is 0.925. The van der Waals surface area contributed by atoms with Crippen molar-refractivity contribution in [1.82, 2.24) is 5.16 Å². The number of hydrogen-bond acceptors (Lipinski definition) is 5. The standard InChI is InChI=1S/C14H15NO5/c1-7-5-10(18-3)8(2)12(13(7)19-4)9-6-11(14(16)17)20-15-9/h5-6H,1-4H3,(H,16,17). The molecule has 0 aliphatic heterocycles. The van der Waals surface area contributed by atoms with Crippen LogP contribution in [0.5, 0.6) is 11.5 Å². The first-order valence-corrected chi connectivity index (χ1v) is 5.92. The van der Waals surface area contributed by atoms with Crippen LogP contribution in [0.1, 0.15) is 21.7 Å². The molecular formula is C14H15NO5. The third-order valence-corrected chi connectivity index (χ3v) is 3.08. The molecule has 0 spiro atoms. The Balaban J connectivity index is 2.69. The fourth-order valence-corrected chi connectivity index (χ4v) is 2.14. The lowest BCUT2D eigenvalue weighted by Crippen LogP contribution is -1.98. The number of aromatic carboxylic acids is 1. The molecule has 6 nitrogen and oxygen atoms in total. The number of benzene rings is 1. The topological polar surface area (TPSA) is 81.8 Å². The molecule has 0 saturated heterocycles. The van der Waals surface area contributed by atoms with Gasteiger partial charge in [-0.05, 0) is 25.5 Å². The second-order valence-corrected chi connectivity index (χ2v) is 4.31. The van der Waals surface area contributed by atoms with Crippen molar-refractivity contribution >= 4 is 5.97 Å². The van der Waals surface area contributed by atoms with Crippen LogP contribution in [0.4, 0.5) is 0 Å². The van der Waals surface area contributed by atoms with E-state index in [1.54, 1.807) is 14.2 Å². The predicted octanol–water partition coefficient (Wildman–Crippen LogP) is 2.67. The molecule has 0 fully saturated rings. The maximum absolute atomic E-state index is 10.9. The highest BCUT2D eigenvalue weighted by Crippen LogP contribution is 2.40. The average Bonchev–Trinajstić information content (AvgIpc) is 2.89. The van der Waals surface area contributed by atoms with Crippen molar-refractivity contribution < 1.29 is 23.9 Å². The van der Waals surface area contributed by atoms with Crippen LogP contribution in [-0.2, 0) is 0 Å². The summed E-state index contributed by atoms with van der Waals surface area (Å²) in [5.41, 5.74) is 2.74. The largest absolute Gasteiger partial charge is 0.496 e. The summed E-state index contributed by atoms with van der Waals surface area (Å²) < 4.78 is 15.5. The van der Waals surface area contributed by atoms with E-state index in [2.05, 4.69) is 5.16 Å². The maximum atomic E-state index is 10.9. The summed E-state index contributed by atoms with van der Waals surface area (Å²) in [6, 6.07) is 3.22. The summed E-state index contributed by atoms with van der Waals surface area (Å²) in [5.74, 6) is -0.0892. The number of carbonyl (C=O) groups is 1. The van der Waals surface area contributed by atoms with Crippen LogP contribution in [0.2, 0.25) is 0 Å². The minimum absolute atomic E-state index is 0.220. The van der Waals surface area contributed by atoms with Crippen molar-refractivity contribution in [2.24, 2.45) is 0 Å². The highest BCUT2D eigenvalue weighted by molar-refractivity contribution is 5.87. The van der Waals surface area contributed by atoms with Crippen LogP contribution in [0.3, 0.4) is 0 Å². The molecule has 106 valence electrons. The zero-order valence-corrected chi connectivity index (χ0v) is 11.7. The van der Waals surface area contributed by atoms with Crippen molar-refractivity contribution in [3.8, 4) is 22.8 Å². The van der Waals surface area contributed by atoms with Crippen LogP contribution in [0.15, 0.2) is 16.7 Å². The van der Waals surface area contributed by atoms with E-state index in [9.17, 15) is 4.79 Å². The highest BCUT2D eigenvalue weighted by atomic mass is 16.5. The lowest BCUT2D eigenvalue weighted by molar-refractivity contribution is 0.0652. The Kier molecular flexibility index (Phi) is 3.65. The van der Waals surface area contributed by atoms with E-state index in [-0.39, 0.29) is 5.76 Å². The van der Waals surface area contributed by atoms with Gasteiger partial charge in [0.25, 0.3) is 0 Å². The molecule has 6 heteroatoms. The average molecular weight is 277 g/mol. The van der Waals surface area contributed by atoms with E-state index in [4.69, 9.17) is 19.1 Å². The third-order valence-electron chi connectivity index (χ3n) is 3.08. The van der Waals surface area contributed by atoms with Crippen LogP contribution in [0, 0.1) is 13.8 Å². The van der Waals surface area contributed by atoms with E-state index in [1.807, 2.05) is 19.9 Å². The molecule has 0 amide bonds. The third kappa shape index (κ3) is 2.20. The summed E-state index contributed by atoms with van der Waals surface area (Å²) in [5, 5.41) is 12.7. The Labute approximate surface area is 115 Å². The first-order valence-electron chi connectivity index (χ1n) is 5.92. The summed E-state index contributed by atoms with van der Waals surface area (Å²) in [7, 11) is 3.12. The Morgan fingerprint density at radius 1 is 1.25 bits per heavy atom. The number of methoxy groups -OCH3 is 2. The monoisotopic (exact) mass is 277 g/mol. The maximum Gasteiger partial charge on any atom is 0.374 e. The van der Waals surface area contributed by atoms with Gasteiger partial charge < -0.3 is 19.1 Å². The Bertz CT molecular complexity index is 660. The molecule has 2 aromatic rings. The first-order chi connectivity index (χ1) is 9.49. The van der Waals surface area contributed by atoms with Crippen molar-refractivity contribution in [3.05, 3.63) is 29.0 Å². The van der Waals surface area contributed by atoms with E-state index < -0.39 is 5.97 Å². The second-order valence-electron chi connectivity index (χ2n) is 4.31. The van der Waals surface area contributed by atoms with Crippen molar-refractivity contribution in [2.75, 3.05) is 14.2 Å². The van der Waals surface area contributed by atoms with Crippen LogP contribution < -0.4 is 9.47 Å². The zero-order valence-electron chi connectivity index (χ0n) is 11.7. The van der Waals surface area contributed by atoms with Crippen LogP contribution >= 0.6 is 0 Å². The summed E-state index contributed by atoms with van der Waals surface area (Å²) >= 11 is 0. The van der Waals surface area contributed by atoms with Crippen molar-refractivity contribution in [2.45, 2.75) is 13.8 Å². The minimum atomic E-state index is -1.17. The van der Waals surface area contributed by atoms with Gasteiger partial charge >= 0.3 is 5.97 Å². The number of carboxylic acids is 1. The van der Waals surface area contributed by atoms with Gasteiger partial charge in [0.05, 0.1) is 19.8 Å². The fourth-order valence-electron chi connectivity index (χ4n) is 2.14. The van der Waals surface area contributed by atoms with E-state index in [1.165, 1.54) is 6.07 Å². The smallest absolute Gasteiger partial charge is 0.374 e. The van der Waals surface area contributed by atoms with E-state index in [0.717, 1.165) is 11.1 Å². The second kappa shape index (κ2) is 5.24. The number of aryl methyl sites for hydroxylation is 1. The molecule has 0 aliphatic rings. The number of hydrogen-bond donors (Lipinski definition) is 1. The molecule has 2 rings (SSSR count). The molecule has 0 radical (unpaired) electrons. The number of rotatable bonds is 4. The molecule has 0 unspecified atom stereocenters. The molecule has 1 N–H and O–H groups in total. The first kappa shape index (κ1) is 13.9. The van der Waals surface area contributed by atoms with Crippen LogP contribution in [0.25, 0.3) is 11.3 Å². The summed E-state index contributed by atoms with van der Waals surface area (Å²) in [4.78, 5) is 10.9. The minimum Gasteiger partial charge on any atom is -0.496 e. The van der Waals surface area contributed by atoms with Gasteiger partial charge in [0.15, 0.2) is 0 Å². The van der Waals surface area contributed by atoms with Gasteiger partial charge in [-0.2, -0.15) is 0 Å². The lowest BCUT2D eigenvalue weighted by atomic mass is 9.99. The Hall–Kier alpha value is -2.50. The van der Waals surface area contributed by atoms with Gasteiger partial charge in [-0.15, -0.1) is 0 Å². The molecule has 20 heavy (non-hydrogen) atoms. The van der Waals surface area contributed by atoms with E-state index in [0.29, 0.717) is 22.8 Å². The molecule has 1 heterocycles. The molecule has 0 bridgehead atoms. The van der Waals surface area contributed by atoms with Gasteiger partial charge in [0.1, 0.15) is 17.2 Å². The molecule has 0 atom stereocenters. The normalized spacial score (nSPS) is 10.4. The number of carboxylic acid groups (broad SMARTS) is 1. The van der Waals surface area contributed by atoms with E-state index >= 15 is 0 Å². The molecule has 1 aromatic carbocycles. The van der Waals surface area contributed by atoms with Gasteiger partial charge in [-0.3, -0.25) is 0 Å². The summed E-state index contributed by atoms with van der Waals surface area (Å²) in [6.45, 7) is 3.73. The number of ether oxygens (including phenoxy) is 2. The lowest BCUT2D eigenvalue weighted by Gasteiger charge is -2.15. The molecule has 1 aromatic heterocycles. The van der Waals surface area contributed by atoms with Gasteiger partial charge in [0.2, 0.25) is 5.76 Å². The molecular weight excluding hydrogens is 262 g/mol. The van der Waals surface area contributed by atoms with Crippen molar-refractivity contribution in [3.63, 3.8) is 0 Å². The number of aromatic nitrogens is 1.